The average Bonchev–Trinajstić information content (AvgIpc) is 2.33. The van der Waals surface area contributed by atoms with Gasteiger partial charge < -0.3 is 20.1 Å². The number of methoxy groups -OCH3 is 1. The predicted molar refractivity (Wildman–Crippen MR) is 71.0 cm³/mol. The predicted octanol–water partition coefficient (Wildman–Crippen LogP) is 2.39. The van der Waals surface area contributed by atoms with Crippen molar-refractivity contribution in [2.24, 2.45) is 0 Å². The maximum Gasteiger partial charge on any atom is 0.321 e. The lowest BCUT2D eigenvalue weighted by Crippen LogP contribution is -2.31. The largest absolute Gasteiger partial charge is 0.382 e. The fourth-order valence-electron chi connectivity index (χ4n) is 1.23. The molecular formula is C12H17ClN2O3. The lowest BCUT2D eigenvalue weighted by molar-refractivity contribution is 0.0650. The summed E-state index contributed by atoms with van der Waals surface area (Å²) < 4.78 is 9.92. The van der Waals surface area contributed by atoms with Gasteiger partial charge in [-0.2, -0.15) is 0 Å². The van der Waals surface area contributed by atoms with Crippen LogP contribution in [0.1, 0.15) is 5.56 Å². The highest BCUT2D eigenvalue weighted by Gasteiger charge is 2.04. The normalized spacial score (nSPS) is 10.2. The van der Waals surface area contributed by atoms with Gasteiger partial charge in [0.05, 0.1) is 13.2 Å². The standard InChI is InChI=1S/C12H17ClN2O3/c1-9-3-4-10(13)7-11(9)15-12(16)14-8-18-6-5-17-2/h3-4,7H,5-6,8H2,1-2H3,(H2,14,15,16). The number of carbonyl (C=O) groups excluding carboxylic acids is 1. The first-order chi connectivity index (χ1) is 8.63. The highest BCUT2D eigenvalue weighted by molar-refractivity contribution is 6.31. The molecule has 0 atom stereocenters. The Morgan fingerprint density at radius 2 is 2.17 bits per heavy atom. The minimum absolute atomic E-state index is 0.134. The van der Waals surface area contributed by atoms with Crippen LogP contribution in [0.3, 0.4) is 0 Å². The summed E-state index contributed by atoms with van der Waals surface area (Å²) in [4.78, 5) is 11.5. The van der Waals surface area contributed by atoms with E-state index in [1.165, 1.54) is 0 Å². The van der Waals surface area contributed by atoms with Crippen molar-refractivity contribution in [2.45, 2.75) is 6.92 Å². The van der Waals surface area contributed by atoms with Crippen molar-refractivity contribution in [1.29, 1.82) is 0 Å². The van der Waals surface area contributed by atoms with Crippen LogP contribution in [0.25, 0.3) is 0 Å². The number of benzene rings is 1. The van der Waals surface area contributed by atoms with E-state index in [9.17, 15) is 4.79 Å². The fraction of sp³-hybridized carbons (Fsp3) is 0.417. The summed E-state index contributed by atoms with van der Waals surface area (Å²) in [5.74, 6) is 0. The second kappa shape index (κ2) is 7.92. The third kappa shape index (κ3) is 5.35. The number of aryl methyl sites for hydroxylation is 1. The lowest BCUT2D eigenvalue weighted by Gasteiger charge is -2.10. The summed E-state index contributed by atoms with van der Waals surface area (Å²) >= 11 is 5.85. The molecule has 0 unspecified atom stereocenters. The Kier molecular flexibility index (Phi) is 6.49. The number of halogens is 1. The SMILES string of the molecule is COCCOCNC(=O)Nc1cc(Cl)ccc1C. The topological polar surface area (TPSA) is 59.6 Å². The Morgan fingerprint density at radius 1 is 1.39 bits per heavy atom. The zero-order valence-corrected chi connectivity index (χ0v) is 11.2. The molecule has 0 saturated carbocycles. The van der Waals surface area contributed by atoms with Gasteiger partial charge in [-0.3, -0.25) is 0 Å². The second-order valence-corrected chi connectivity index (χ2v) is 4.07. The first-order valence-corrected chi connectivity index (χ1v) is 5.89. The van der Waals surface area contributed by atoms with Gasteiger partial charge in [0.1, 0.15) is 6.73 Å². The van der Waals surface area contributed by atoms with Crippen molar-refractivity contribution >= 4 is 23.3 Å². The van der Waals surface area contributed by atoms with Crippen LogP contribution in [-0.4, -0.2) is 33.1 Å². The maximum absolute atomic E-state index is 11.5. The van der Waals surface area contributed by atoms with Crippen LogP contribution in [0, 0.1) is 6.92 Å². The number of anilines is 1. The monoisotopic (exact) mass is 272 g/mol. The zero-order valence-electron chi connectivity index (χ0n) is 10.5. The smallest absolute Gasteiger partial charge is 0.321 e. The molecule has 0 aliphatic carbocycles. The summed E-state index contributed by atoms with van der Waals surface area (Å²) in [6, 6.07) is 4.97. The van der Waals surface area contributed by atoms with E-state index in [0.29, 0.717) is 23.9 Å². The molecule has 0 heterocycles. The van der Waals surface area contributed by atoms with E-state index in [1.54, 1.807) is 19.2 Å². The molecule has 0 fully saturated rings. The Hall–Kier alpha value is -1.30. The van der Waals surface area contributed by atoms with Gasteiger partial charge in [0, 0.05) is 17.8 Å². The van der Waals surface area contributed by atoms with Crippen molar-refractivity contribution in [3.63, 3.8) is 0 Å². The van der Waals surface area contributed by atoms with Crippen molar-refractivity contribution in [3.05, 3.63) is 28.8 Å². The number of rotatable bonds is 6. The fourth-order valence-corrected chi connectivity index (χ4v) is 1.40. The molecule has 100 valence electrons. The number of hydrogen-bond acceptors (Lipinski definition) is 3. The number of urea groups is 1. The van der Waals surface area contributed by atoms with Gasteiger partial charge in [0.2, 0.25) is 0 Å². The quantitative estimate of drug-likeness (QED) is 0.617. The number of nitrogens with one attached hydrogen (secondary N) is 2. The molecule has 2 amide bonds. The summed E-state index contributed by atoms with van der Waals surface area (Å²) in [5, 5.41) is 5.84. The van der Waals surface area contributed by atoms with Crippen molar-refractivity contribution in [2.75, 3.05) is 32.4 Å². The van der Waals surface area contributed by atoms with Gasteiger partial charge in [0.15, 0.2) is 0 Å². The summed E-state index contributed by atoms with van der Waals surface area (Å²) in [5.41, 5.74) is 1.62. The van der Waals surface area contributed by atoms with Crippen LogP contribution in [0.2, 0.25) is 5.02 Å². The van der Waals surface area contributed by atoms with E-state index in [4.69, 9.17) is 21.1 Å². The third-order valence-electron chi connectivity index (χ3n) is 2.21. The summed E-state index contributed by atoms with van der Waals surface area (Å²) in [6.07, 6.45) is 0. The molecule has 6 heteroatoms. The molecule has 0 bridgehead atoms. The van der Waals surface area contributed by atoms with E-state index < -0.39 is 0 Å². The number of amides is 2. The van der Waals surface area contributed by atoms with E-state index in [1.807, 2.05) is 13.0 Å². The van der Waals surface area contributed by atoms with Crippen LogP contribution in [0.15, 0.2) is 18.2 Å². The van der Waals surface area contributed by atoms with Crippen LogP contribution >= 0.6 is 11.6 Å². The van der Waals surface area contributed by atoms with Crippen LogP contribution in [0.4, 0.5) is 10.5 Å². The first-order valence-electron chi connectivity index (χ1n) is 5.51. The van der Waals surface area contributed by atoms with Gasteiger partial charge >= 0.3 is 6.03 Å². The molecule has 0 aliphatic heterocycles. The minimum Gasteiger partial charge on any atom is -0.382 e. The Labute approximate surface area is 111 Å². The number of ether oxygens (including phenoxy) is 2. The third-order valence-corrected chi connectivity index (χ3v) is 2.45. The van der Waals surface area contributed by atoms with E-state index in [0.717, 1.165) is 5.56 Å². The summed E-state index contributed by atoms with van der Waals surface area (Å²) in [7, 11) is 1.59. The molecule has 1 aromatic rings. The van der Waals surface area contributed by atoms with Crippen LogP contribution in [0.5, 0.6) is 0 Å². The van der Waals surface area contributed by atoms with Gasteiger partial charge in [0.25, 0.3) is 0 Å². The van der Waals surface area contributed by atoms with Crippen molar-refractivity contribution in [3.8, 4) is 0 Å². The molecule has 1 rings (SSSR count). The molecule has 0 saturated heterocycles. The van der Waals surface area contributed by atoms with E-state index in [2.05, 4.69) is 10.6 Å². The molecule has 1 aromatic carbocycles. The number of carbonyl (C=O) groups is 1. The van der Waals surface area contributed by atoms with Crippen molar-refractivity contribution in [1.82, 2.24) is 5.32 Å². The van der Waals surface area contributed by atoms with Crippen LogP contribution < -0.4 is 10.6 Å². The first kappa shape index (κ1) is 14.8. The van der Waals surface area contributed by atoms with Crippen molar-refractivity contribution < 1.29 is 14.3 Å². The Balaban J connectivity index is 2.33. The van der Waals surface area contributed by atoms with Gasteiger partial charge in [-0.15, -0.1) is 0 Å². The Bertz CT molecular complexity index is 399. The maximum atomic E-state index is 11.5. The van der Waals surface area contributed by atoms with Gasteiger partial charge in [-0.1, -0.05) is 17.7 Å². The van der Waals surface area contributed by atoms with E-state index in [-0.39, 0.29) is 12.8 Å². The van der Waals surface area contributed by atoms with Gasteiger partial charge in [-0.05, 0) is 24.6 Å². The molecule has 0 aliphatic rings. The molecule has 0 spiro atoms. The average molecular weight is 273 g/mol. The molecule has 0 aromatic heterocycles. The van der Waals surface area contributed by atoms with Crippen LogP contribution in [-0.2, 0) is 9.47 Å². The number of hydrogen-bond donors (Lipinski definition) is 2. The lowest BCUT2D eigenvalue weighted by atomic mass is 10.2. The molecule has 2 N–H and O–H groups in total. The van der Waals surface area contributed by atoms with Gasteiger partial charge in [-0.25, -0.2) is 4.79 Å². The zero-order chi connectivity index (χ0) is 13.4. The highest BCUT2D eigenvalue weighted by Crippen LogP contribution is 2.19. The minimum atomic E-state index is -0.335. The molecule has 5 nitrogen and oxygen atoms in total. The summed E-state index contributed by atoms with van der Waals surface area (Å²) in [6.45, 7) is 2.96. The van der Waals surface area contributed by atoms with E-state index >= 15 is 0 Å². The molecular weight excluding hydrogens is 256 g/mol. The second-order valence-electron chi connectivity index (χ2n) is 3.64. The highest BCUT2D eigenvalue weighted by atomic mass is 35.5. The molecule has 18 heavy (non-hydrogen) atoms. The Morgan fingerprint density at radius 3 is 2.89 bits per heavy atom. The molecule has 0 radical (unpaired) electrons.